The molecule has 0 spiro atoms. The van der Waals surface area contributed by atoms with Gasteiger partial charge in [-0.3, -0.25) is 0 Å². The number of piperidine rings is 1. The zero-order valence-electron chi connectivity index (χ0n) is 9.56. The molecule has 0 aromatic heterocycles. The molecule has 1 fully saturated rings. The Balaban J connectivity index is 1.88. The summed E-state index contributed by atoms with van der Waals surface area (Å²) in [7, 11) is 0. The van der Waals surface area contributed by atoms with Crippen molar-refractivity contribution in [1.82, 2.24) is 5.06 Å². The van der Waals surface area contributed by atoms with Crippen LogP contribution >= 0.6 is 0 Å². The van der Waals surface area contributed by atoms with Gasteiger partial charge in [0.1, 0.15) is 0 Å². The van der Waals surface area contributed by atoms with Gasteiger partial charge in [-0.15, -0.1) is 5.06 Å². The number of rotatable bonds is 2. The van der Waals surface area contributed by atoms with Gasteiger partial charge in [0, 0.05) is 13.1 Å². The molecule has 0 unspecified atom stereocenters. The number of hydrogen-bond donors (Lipinski definition) is 0. The molecule has 0 aliphatic carbocycles. The lowest BCUT2D eigenvalue weighted by Gasteiger charge is -2.28. The zero-order valence-corrected chi connectivity index (χ0v) is 9.56. The van der Waals surface area contributed by atoms with Crippen LogP contribution in [0.1, 0.15) is 30.1 Å². The van der Waals surface area contributed by atoms with Crippen molar-refractivity contribution in [2.24, 2.45) is 5.92 Å². The van der Waals surface area contributed by atoms with Gasteiger partial charge in [0.25, 0.3) is 0 Å². The molecule has 1 heterocycles. The molecular weight excluding hydrogens is 202 g/mol. The summed E-state index contributed by atoms with van der Waals surface area (Å²) in [6, 6.07) is 9.12. The monoisotopic (exact) mass is 219 g/mol. The van der Waals surface area contributed by atoms with Gasteiger partial charge in [-0.1, -0.05) is 25.1 Å². The van der Waals surface area contributed by atoms with Gasteiger partial charge in [-0.25, -0.2) is 4.79 Å². The van der Waals surface area contributed by atoms with Crippen LogP contribution in [-0.2, 0) is 4.84 Å². The molecule has 0 N–H and O–H groups in total. The largest absolute Gasteiger partial charge is 0.364 e. The van der Waals surface area contributed by atoms with Crippen LogP contribution in [0.4, 0.5) is 0 Å². The number of benzene rings is 1. The van der Waals surface area contributed by atoms with Crippen molar-refractivity contribution >= 4 is 5.97 Å². The Kier molecular flexibility index (Phi) is 3.57. The van der Waals surface area contributed by atoms with E-state index in [0.717, 1.165) is 31.8 Å². The van der Waals surface area contributed by atoms with Gasteiger partial charge < -0.3 is 4.84 Å². The van der Waals surface area contributed by atoms with E-state index >= 15 is 0 Å². The highest BCUT2D eigenvalue weighted by Crippen LogP contribution is 2.16. The lowest BCUT2D eigenvalue weighted by molar-refractivity contribution is -0.125. The second kappa shape index (κ2) is 5.12. The topological polar surface area (TPSA) is 29.5 Å². The number of hydrogen-bond acceptors (Lipinski definition) is 3. The van der Waals surface area contributed by atoms with Crippen LogP contribution in [0.2, 0.25) is 0 Å². The Bertz CT molecular complexity index is 342. The summed E-state index contributed by atoms with van der Waals surface area (Å²) in [5, 5.41) is 1.77. The molecule has 1 aliphatic heterocycles. The molecule has 0 radical (unpaired) electrons. The third-order valence-corrected chi connectivity index (χ3v) is 2.96. The summed E-state index contributed by atoms with van der Waals surface area (Å²) in [5.74, 6) is 0.488. The summed E-state index contributed by atoms with van der Waals surface area (Å²) in [6.07, 6.45) is 2.20. The fraction of sp³-hybridized carbons (Fsp3) is 0.462. The minimum absolute atomic E-state index is 0.254. The molecular formula is C13H17NO2. The second-order valence-corrected chi connectivity index (χ2v) is 4.36. The lowest BCUT2D eigenvalue weighted by atomic mass is 10.0. The van der Waals surface area contributed by atoms with E-state index in [1.54, 1.807) is 17.2 Å². The van der Waals surface area contributed by atoms with Crippen LogP contribution in [0.5, 0.6) is 0 Å². The highest BCUT2D eigenvalue weighted by Gasteiger charge is 2.19. The number of carbonyl (C=O) groups is 1. The molecule has 1 aliphatic rings. The maximum absolute atomic E-state index is 11.7. The maximum atomic E-state index is 11.7. The summed E-state index contributed by atoms with van der Waals surface area (Å²) >= 11 is 0. The van der Waals surface area contributed by atoms with Gasteiger partial charge in [-0.2, -0.15) is 0 Å². The van der Waals surface area contributed by atoms with Crippen LogP contribution in [0.15, 0.2) is 30.3 Å². The first-order valence-corrected chi connectivity index (χ1v) is 5.78. The predicted octanol–water partition coefficient (Wildman–Crippen LogP) is 2.49. The SMILES string of the molecule is CC1CCN(OC(=O)c2ccccc2)CC1. The Hall–Kier alpha value is -1.35. The van der Waals surface area contributed by atoms with Gasteiger partial charge in [0.2, 0.25) is 0 Å². The van der Waals surface area contributed by atoms with E-state index in [1.807, 2.05) is 18.2 Å². The van der Waals surface area contributed by atoms with Crippen molar-refractivity contribution < 1.29 is 9.63 Å². The van der Waals surface area contributed by atoms with Crippen LogP contribution in [0.3, 0.4) is 0 Å². The normalized spacial score (nSPS) is 18.3. The number of hydroxylamine groups is 2. The number of nitrogens with zero attached hydrogens (tertiary/aromatic N) is 1. The number of carbonyl (C=O) groups excluding carboxylic acids is 1. The second-order valence-electron chi connectivity index (χ2n) is 4.36. The molecule has 16 heavy (non-hydrogen) atoms. The third kappa shape index (κ3) is 2.83. The average Bonchev–Trinajstić information content (AvgIpc) is 2.33. The quantitative estimate of drug-likeness (QED) is 0.765. The highest BCUT2D eigenvalue weighted by molar-refractivity contribution is 5.89. The average molecular weight is 219 g/mol. The maximum Gasteiger partial charge on any atom is 0.357 e. The highest BCUT2D eigenvalue weighted by atomic mass is 16.7. The van der Waals surface area contributed by atoms with Crippen molar-refractivity contribution in [3.05, 3.63) is 35.9 Å². The molecule has 0 bridgehead atoms. The first kappa shape index (κ1) is 11.1. The lowest BCUT2D eigenvalue weighted by Crippen LogP contribution is -2.34. The molecule has 86 valence electrons. The van der Waals surface area contributed by atoms with E-state index in [9.17, 15) is 4.79 Å². The Morgan fingerprint density at radius 2 is 1.88 bits per heavy atom. The van der Waals surface area contributed by atoms with Gasteiger partial charge in [0.05, 0.1) is 5.56 Å². The van der Waals surface area contributed by atoms with Crippen LogP contribution in [-0.4, -0.2) is 24.1 Å². The van der Waals surface area contributed by atoms with E-state index < -0.39 is 0 Å². The summed E-state index contributed by atoms with van der Waals surface area (Å²) < 4.78 is 0. The van der Waals surface area contributed by atoms with Gasteiger partial charge >= 0.3 is 5.97 Å². The van der Waals surface area contributed by atoms with Crippen LogP contribution in [0.25, 0.3) is 0 Å². The molecule has 3 heteroatoms. The van der Waals surface area contributed by atoms with E-state index in [1.165, 1.54) is 0 Å². The predicted molar refractivity (Wildman–Crippen MR) is 61.8 cm³/mol. The molecule has 2 rings (SSSR count). The molecule has 0 atom stereocenters. The van der Waals surface area contributed by atoms with E-state index in [2.05, 4.69) is 6.92 Å². The zero-order chi connectivity index (χ0) is 11.4. The summed E-state index contributed by atoms with van der Waals surface area (Å²) in [6.45, 7) is 3.93. The summed E-state index contributed by atoms with van der Waals surface area (Å²) in [5.41, 5.74) is 0.612. The Labute approximate surface area is 96.0 Å². The van der Waals surface area contributed by atoms with E-state index in [-0.39, 0.29) is 5.97 Å². The van der Waals surface area contributed by atoms with Crippen molar-refractivity contribution in [3.63, 3.8) is 0 Å². The van der Waals surface area contributed by atoms with Crippen molar-refractivity contribution in [3.8, 4) is 0 Å². The fourth-order valence-electron chi connectivity index (χ4n) is 1.82. The molecule has 0 amide bonds. The van der Waals surface area contributed by atoms with E-state index in [0.29, 0.717) is 5.56 Å². The first-order valence-electron chi connectivity index (χ1n) is 5.78. The van der Waals surface area contributed by atoms with Crippen LogP contribution in [0, 0.1) is 5.92 Å². The first-order chi connectivity index (χ1) is 7.75. The van der Waals surface area contributed by atoms with Gasteiger partial charge in [-0.05, 0) is 30.9 Å². The van der Waals surface area contributed by atoms with Gasteiger partial charge in [0.15, 0.2) is 0 Å². The van der Waals surface area contributed by atoms with Crippen LogP contribution < -0.4 is 0 Å². The summed E-state index contributed by atoms with van der Waals surface area (Å²) in [4.78, 5) is 17.1. The van der Waals surface area contributed by atoms with Crippen molar-refractivity contribution in [2.45, 2.75) is 19.8 Å². The minimum atomic E-state index is -0.254. The molecule has 3 nitrogen and oxygen atoms in total. The minimum Gasteiger partial charge on any atom is -0.364 e. The Morgan fingerprint density at radius 3 is 2.50 bits per heavy atom. The fourth-order valence-corrected chi connectivity index (χ4v) is 1.82. The third-order valence-electron chi connectivity index (χ3n) is 2.96. The molecule has 1 aromatic carbocycles. The standard InChI is InChI=1S/C13H17NO2/c1-11-7-9-14(10-8-11)16-13(15)12-5-3-2-4-6-12/h2-6,11H,7-10H2,1H3. The van der Waals surface area contributed by atoms with E-state index in [4.69, 9.17) is 4.84 Å². The molecule has 1 saturated heterocycles. The van der Waals surface area contributed by atoms with Crippen molar-refractivity contribution in [2.75, 3.05) is 13.1 Å². The smallest absolute Gasteiger partial charge is 0.357 e. The molecule has 1 aromatic rings. The Morgan fingerprint density at radius 1 is 1.25 bits per heavy atom. The van der Waals surface area contributed by atoms with Crippen molar-refractivity contribution in [1.29, 1.82) is 0 Å². The molecule has 0 saturated carbocycles.